The SMILES string of the molecule is Cc1cc(CN=C(NCCc2ccco2)NCCc2cccs2)ccc1S(C)(=O)=O. The van der Waals surface area contributed by atoms with Gasteiger partial charge >= 0.3 is 0 Å². The van der Waals surface area contributed by atoms with Gasteiger partial charge in [-0.2, -0.15) is 0 Å². The van der Waals surface area contributed by atoms with Gasteiger partial charge in [0, 0.05) is 30.6 Å². The minimum absolute atomic E-state index is 0.362. The van der Waals surface area contributed by atoms with Crippen molar-refractivity contribution in [2.75, 3.05) is 19.3 Å². The van der Waals surface area contributed by atoms with Gasteiger partial charge in [0.25, 0.3) is 0 Å². The van der Waals surface area contributed by atoms with Crippen LogP contribution < -0.4 is 10.6 Å². The molecule has 0 radical (unpaired) electrons. The van der Waals surface area contributed by atoms with Crippen molar-refractivity contribution in [1.82, 2.24) is 10.6 Å². The highest BCUT2D eigenvalue weighted by atomic mass is 32.2. The molecule has 0 saturated carbocycles. The first kappa shape index (κ1) is 22.1. The summed E-state index contributed by atoms with van der Waals surface area (Å²) in [7, 11) is -3.22. The van der Waals surface area contributed by atoms with E-state index in [1.165, 1.54) is 11.1 Å². The monoisotopic (exact) mass is 445 g/mol. The molecule has 0 aliphatic heterocycles. The molecule has 0 amide bonds. The maximum absolute atomic E-state index is 11.8. The summed E-state index contributed by atoms with van der Waals surface area (Å²) in [6, 6.07) is 13.4. The molecule has 2 N–H and O–H groups in total. The molecule has 0 aliphatic carbocycles. The van der Waals surface area contributed by atoms with Crippen LogP contribution in [-0.4, -0.2) is 33.7 Å². The summed E-state index contributed by atoms with van der Waals surface area (Å²) in [4.78, 5) is 6.37. The zero-order valence-electron chi connectivity index (χ0n) is 17.2. The van der Waals surface area contributed by atoms with Gasteiger partial charge in [0.15, 0.2) is 15.8 Å². The van der Waals surface area contributed by atoms with Crippen LogP contribution in [0, 0.1) is 6.92 Å². The summed E-state index contributed by atoms with van der Waals surface area (Å²) in [5.41, 5.74) is 1.70. The van der Waals surface area contributed by atoms with Crippen molar-refractivity contribution in [3.63, 3.8) is 0 Å². The van der Waals surface area contributed by atoms with Gasteiger partial charge in [0.2, 0.25) is 0 Å². The Morgan fingerprint density at radius 1 is 1.10 bits per heavy atom. The molecule has 0 spiro atoms. The fourth-order valence-corrected chi connectivity index (χ4v) is 4.76. The summed E-state index contributed by atoms with van der Waals surface area (Å²) < 4.78 is 29.0. The van der Waals surface area contributed by atoms with Crippen LogP contribution in [0.25, 0.3) is 0 Å². The number of aryl methyl sites for hydroxylation is 1. The maximum Gasteiger partial charge on any atom is 0.191 e. The molecule has 30 heavy (non-hydrogen) atoms. The van der Waals surface area contributed by atoms with E-state index in [2.05, 4.69) is 33.1 Å². The van der Waals surface area contributed by atoms with Crippen LogP contribution in [0.4, 0.5) is 0 Å². The second-order valence-corrected chi connectivity index (χ2v) is 10.1. The molecule has 160 valence electrons. The number of sulfone groups is 1. The molecular formula is C22H27N3O3S2. The maximum atomic E-state index is 11.8. The van der Waals surface area contributed by atoms with Crippen molar-refractivity contribution in [2.24, 2.45) is 4.99 Å². The molecule has 0 unspecified atom stereocenters. The Labute approximate surface area is 182 Å². The van der Waals surface area contributed by atoms with Crippen molar-refractivity contribution in [1.29, 1.82) is 0 Å². The molecule has 2 aromatic heterocycles. The standard InChI is InChI=1S/C22H27N3O3S2/c1-17-15-18(7-8-21(17)30(2,26)27)16-25-22(23-11-9-19-5-3-13-28-19)24-12-10-20-6-4-14-29-20/h3-8,13-15H,9-12,16H2,1-2H3,(H2,23,24,25). The normalized spacial score (nSPS) is 12.1. The number of aliphatic imine (C=N–C) groups is 1. The Morgan fingerprint density at radius 3 is 2.53 bits per heavy atom. The van der Waals surface area contributed by atoms with E-state index in [1.807, 2.05) is 31.2 Å². The highest BCUT2D eigenvalue weighted by Crippen LogP contribution is 2.17. The first-order chi connectivity index (χ1) is 14.4. The summed E-state index contributed by atoms with van der Waals surface area (Å²) in [6.07, 6.45) is 4.59. The minimum atomic E-state index is -3.22. The van der Waals surface area contributed by atoms with Crippen LogP contribution in [-0.2, 0) is 29.2 Å². The predicted octanol–water partition coefficient (Wildman–Crippen LogP) is 3.57. The fourth-order valence-electron chi connectivity index (χ4n) is 3.09. The average Bonchev–Trinajstić information content (AvgIpc) is 3.39. The molecule has 1 aromatic carbocycles. The van der Waals surface area contributed by atoms with Crippen LogP contribution in [0.15, 0.2) is 68.4 Å². The zero-order valence-corrected chi connectivity index (χ0v) is 18.9. The van der Waals surface area contributed by atoms with E-state index in [-0.39, 0.29) is 0 Å². The zero-order chi connectivity index (χ0) is 21.4. The van der Waals surface area contributed by atoms with Gasteiger partial charge < -0.3 is 15.1 Å². The Hall–Kier alpha value is -2.58. The predicted molar refractivity (Wildman–Crippen MR) is 122 cm³/mol. The summed E-state index contributed by atoms with van der Waals surface area (Å²) >= 11 is 1.74. The number of hydrogen-bond acceptors (Lipinski definition) is 5. The fraction of sp³-hybridized carbons (Fsp3) is 0.318. The molecule has 3 aromatic rings. The number of guanidine groups is 1. The van der Waals surface area contributed by atoms with Gasteiger partial charge in [0.1, 0.15) is 5.76 Å². The molecule has 6 nitrogen and oxygen atoms in total. The van der Waals surface area contributed by atoms with Gasteiger partial charge in [-0.25, -0.2) is 13.4 Å². The molecule has 2 heterocycles. The van der Waals surface area contributed by atoms with Gasteiger partial charge in [-0.3, -0.25) is 0 Å². The van der Waals surface area contributed by atoms with Gasteiger partial charge in [-0.15, -0.1) is 11.3 Å². The van der Waals surface area contributed by atoms with Crippen molar-refractivity contribution < 1.29 is 12.8 Å². The van der Waals surface area contributed by atoms with Crippen molar-refractivity contribution in [3.05, 3.63) is 75.9 Å². The largest absolute Gasteiger partial charge is 0.469 e. The molecule has 0 bridgehead atoms. The highest BCUT2D eigenvalue weighted by Gasteiger charge is 2.11. The number of nitrogens with one attached hydrogen (secondary N) is 2. The van der Waals surface area contributed by atoms with E-state index >= 15 is 0 Å². The van der Waals surface area contributed by atoms with Gasteiger partial charge in [0.05, 0.1) is 17.7 Å². The second kappa shape index (κ2) is 10.4. The lowest BCUT2D eigenvalue weighted by Gasteiger charge is -2.12. The van der Waals surface area contributed by atoms with Crippen LogP contribution in [0.2, 0.25) is 0 Å². The van der Waals surface area contributed by atoms with E-state index in [0.29, 0.717) is 18.0 Å². The van der Waals surface area contributed by atoms with Gasteiger partial charge in [-0.05, 0) is 54.1 Å². The van der Waals surface area contributed by atoms with E-state index in [9.17, 15) is 8.42 Å². The summed E-state index contributed by atoms with van der Waals surface area (Å²) in [5, 5.41) is 8.80. The Bertz CT molecular complexity index is 1020. The Kier molecular flexibility index (Phi) is 7.70. The topological polar surface area (TPSA) is 83.7 Å². The van der Waals surface area contributed by atoms with Crippen LogP contribution in [0.1, 0.15) is 21.8 Å². The van der Waals surface area contributed by atoms with Crippen molar-refractivity contribution >= 4 is 27.1 Å². The summed E-state index contributed by atoms with van der Waals surface area (Å²) in [5.74, 6) is 1.65. The number of thiophene rings is 1. The number of nitrogens with zero attached hydrogens (tertiary/aromatic N) is 1. The third kappa shape index (κ3) is 6.74. The Morgan fingerprint density at radius 2 is 1.90 bits per heavy atom. The molecule has 0 aliphatic rings. The van der Waals surface area contributed by atoms with Crippen LogP contribution in [0.5, 0.6) is 0 Å². The molecule has 0 saturated heterocycles. The molecular weight excluding hydrogens is 418 g/mol. The van der Waals surface area contributed by atoms with E-state index in [0.717, 1.165) is 42.2 Å². The molecule has 0 fully saturated rings. The smallest absolute Gasteiger partial charge is 0.191 e. The molecule has 3 rings (SSSR count). The molecule has 0 atom stereocenters. The van der Waals surface area contributed by atoms with E-state index in [4.69, 9.17) is 4.42 Å². The van der Waals surface area contributed by atoms with Crippen molar-refractivity contribution in [3.8, 4) is 0 Å². The van der Waals surface area contributed by atoms with Crippen LogP contribution >= 0.6 is 11.3 Å². The number of benzene rings is 1. The number of hydrogen-bond donors (Lipinski definition) is 2. The second-order valence-electron chi connectivity index (χ2n) is 7.05. The quantitative estimate of drug-likeness (QED) is 0.389. The molecule has 8 heteroatoms. The van der Waals surface area contributed by atoms with Crippen LogP contribution in [0.3, 0.4) is 0 Å². The first-order valence-corrected chi connectivity index (χ1v) is 12.6. The van der Waals surface area contributed by atoms with E-state index < -0.39 is 9.84 Å². The lowest BCUT2D eigenvalue weighted by molar-refractivity contribution is 0.506. The van der Waals surface area contributed by atoms with Gasteiger partial charge in [-0.1, -0.05) is 18.2 Å². The average molecular weight is 446 g/mol. The third-order valence-corrected chi connectivity index (χ3v) is 6.74. The lowest BCUT2D eigenvalue weighted by atomic mass is 10.1. The Balaban J connectivity index is 1.62. The minimum Gasteiger partial charge on any atom is -0.469 e. The number of furan rings is 1. The van der Waals surface area contributed by atoms with E-state index in [1.54, 1.807) is 23.7 Å². The highest BCUT2D eigenvalue weighted by molar-refractivity contribution is 7.90. The van der Waals surface area contributed by atoms with Crippen molar-refractivity contribution in [2.45, 2.75) is 31.2 Å². The number of rotatable bonds is 9. The lowest BCUT2D eigenvalue weighted by Crippen LogP contribution is -2.39. The summed E-state index contributed by atoms with van der Waals surface area (Å²) in [6.45, 7) is 3.74. The first-order valence-electron chi connectivity index (χ1n) is 9.78. The third-order valence-electron chi connectivity index (χ3n) is 4.55.